The molecule has 1 aromatic carbocycles. The maximum absolute atomic E-state index is 9.57. The van der Waals surface area contributed by atoms with Crippen molar-refractivity contribution >= 4 is 16.7 Å². The lowest BCUT2D eigenvalue weighted by Gasteiger charge is -2.29. The van der Waals surface area contributed by atoms with Crippen LogP contribution in [0.15, 0.2) is 18.2 Å². The highest BCUT2D eigenvalue weighted by molar-refractivity contribution is 5.91. The molecule has 2 heterocycles. The standard InChI is InChI=1S/C17H19N3O/c1-12-13-7-6-8-15(21-2)16(13)19-17(14(12)11-18)20-9-4-3-5-10-20/h6-8H,3-5,9-10H2,1-2H3. The van der Waals surface area contributed by atoms with Gasteiger partial charge in [-0.25, -0.2) is 4.98 Å². The fourth-order valence-electron chi connectivity index (χ4n) is 3.04. The molecule has 0 bridgehead atoms. The number of nitrogens with zero attached hydrogens (tertiary/aromatic N) is 3. The van der Waals surface area contributed by atoms with Crippen LogP contribution in [0, 0.1) is 18.3 Å². The first kappa shape index (κ1) is 13.7. The van der Waals surface area contributed by atoms with Crippen molar-refractivity contribution in [2.24, 2.45) is 0 Å². The molecule has 4 nitrogen and oxygen atoms in total. The molecule has 1 fully saturated rings. The quantitative estimate of drug-likeness (QED) is 0.846. The minimum Gasteiger partial charge on any atom is -0.494 e. The van der Waals surface area contributed by atoms with Crippen LogP contribution in [-0.2, 0) is 0 Å². The van der Waals surface area contributed by atoms with Gasteiger partial charge in [-0.15, -0.1) is 0 Å². The van der Waals surface area contributed by atoms with E-state index in [-0.39, 0.29) is 0 Å². The molecule has 108 valence electrons. The molecule has 21 heavy (non-hydrogen) atoms. The number of aromatic nitrogens is 1. The van der Waals surface area contributed by atoms with Gasteiger partial charge in [0.25, 0.3) is 0 Å². The van der Waals surface area contributed by atoms with E-state index in [4.69, 9.17) is 9.72 Å². The second kappa shape index (κ2) is 5.61. The number of nitriles is 1. The van der Waals surface area contributed by atoms with Gasteiger partial charge in [-0.3, -0.25) is 0 Å². The number of para-hydroxylation sites is 1. The minimum absolute atomic E-state index is 0.692. The van der Waals surface area contributed by atoms with Crippen LogP contribution in [0.5, 0.6) is 5.75 Å². The third kappa shape index (κ3) is 2.29. The second-order valence-corrected chi connectivity index (χ2v) is 5.45. The van der Waals surface area contributed by atoms with Gasteiger partial charge in [-0.05, 0) is 37.8 Å². The van der Waals surface area contributed by atoms with Gasteiger partial charge >= 0.3 is 0 Å². The molecular weight excluding hydrogens is 262 g/mol. The molecule has 1 aromatic heterocycles. The first-order valence-electron chi connectivity index (χ1n) is 7.38. The average molecular weight is 281 g/mol. The molecular formula is C17H19N3O. The molecule has 0 aliphatic carbocycles. The molecule has 2 aromatic rings. The molecule has 4 heteroatoms. The number of fused-ring (bicyclic) bond motifs is 1. The van der Waals surface area contributed by atoms with Crippen LogP contribution in [-0.4, -0.2) is 25.2 Å². The number of methoxy groups -OCH3 is 1. The van der Waals surface area contributed by atoms with Crippen molar-refractivity contribution < 1.29 is 4.74 Å². The van der Waals surface area contributed by atoms with E-state index in [9.17, 15) is 5.26 Å². The summed E-state index contributed by atoms with van der Waals surface area (Å²) >= 11 is 0. The Bertz CT molecular complexity index is 712. The highest BCUT2D eigenvalue weighted by Gasteiger charge is 2.20. The van der Waals surface area contributed by atoms with Crippen LogP contribution in [0.4, 0.5) is 5.82 Å². The normalized spacial score (nSPS) is 15.0. The summed E-state index contributed by atoms with van der Waals surface area (Å²) in [5, 5.41) is 10.6. The third-order valence-corrected chi connectivity index (χ3v) is 4.21. The van der Waals surface area contributed by atoms with Crippen molar-refractivity contribution in [2.75, 3.05) is 25.1 Å². The van der Waals surface area contributed by atoms with Crippen molar-refractivity contribution in [3.63, 3.8) is 0 Å². The lowest BCUT2D eigenvalue weighted by Crippen LogP contribution is -2.31. The van der Waals surface area contributed by atoms with Gasteiger partial charge in [0.05, 0.1) is 12.7 Å². The molecule has 0 spiro atoms. The van der Waals surface area contributed by atoms with Gasteiger partial charge in [0.15, 0.2) is 0 Å². The molecule has 1 aliphatic heterocycles. The molecule has 1 aliphatic rings. The van der Waals surface area contributed by atoms with Crippen LogP contribution in [0.3, 0.4) is 0 Å². The number of hydrogen-bond donors (Lipinski definition) is 0. The van der Waals surface area contributed by atoms with Gasteiger partial charge in [0, 0.05) is 18.5 Å². The molecule has 0 atom stereocenters. The highest BCUT2D eigenvalue weighted by atomic mass is 16.5. The third-order valence-electron chi connectivity index (χ3n) is 4.21. The maximum Gasteiger partial charge on any atom is 0.147 e. The van der Waals surface area contributed by atoms with Gasteiger partial charge in [-0.2, -0.15) is 5.26 Å². The lowest BCUT2D eigenvalue weighted by atomic mass is 10.0. The molecule has 0 radical (unpaired) electrons. The fraction of sp³-hybridized carbons (Fsp3) is 0.412. The summed E-state index contributed by atoms with van der Waals surface area (Å²) in [4.78, 5) is 7.02. The van der Waals surface area contributed by atoms with Crippen molar-refractivity contribution in [3.8, 4) is 11.8 Å². The van der Waals surface area contributed by atoms with Crippen LogP contribution in [0.25, 0.3) is 10.9 Å². The Morgan fingerprint density at radius 1 is 1.24 bits per heavy atom. The molecule has 0 N–H and O–H groups in total. The largest absolute Gasteiger partial charge is 0.494 e. The van der Waals surface area contributed by atoms with Crippen LogP contribution in [0.1, 0.15) is 30.4 Å². The van der Waals surface area contributed by atoms with E-state index in [2.05, 4.69) is 11.0 Å². The number of pyridine rings is 1. The maximum atomic E-state index is 9.57. The molecule has 1 saturated heterocycles. The van der Waals surface area contributed by atoms with Gasteiger partial charge < -0.3 is 9.64 Å². The van der Waals surface area contributed by atoms with E-state index in [1.807, 2.05) is 25.1 Å². The van der Waals surface area contributed by atoms with E-state index < -0.39 is 0 Å². The van der Waals surface area contributed by atoms with Crippen molar-refractivity contribution in [3.05, 3.63) is 29.3 Å². The van der Waals surface area contributed by atoms with E-state index in [0.717, 1.165) is 54.0 Å². The SMILES string of the molecule is COc1cccc2c(C)c(C#N)c(N3CCCCC3)nc12. The number of rotatable bonds is 2. The lowest BCUT2D eigenvalue weighted by molar-refractivity contribution is 0.419. The van der Waals surface area contributed by atoms with Gasteiger partial charge in [-0.1, -0.05) is 12.1 Å². The Kier molecular flexibility index (Phi) is 3.66. The minimum atomic E-state index is 0.692. The average Bonchev–Trinajstić information content (AvgIpc) is 2.55. The van der Waals surface area contributed by atoms with E-state index >= 15 is 0 Å². The van der Waals surface area contributed by atoms with Crippen LogP contribution >= 0.6 is 0 Å². The summed E-state index contributed by atoms with van der Waals surface area (Å²) in [5.74, 6) is 1.57. The zero-order valence-corrected chi connectivity index (χ0v) is 12.5. The number of aryl methyl sites for hydroxylation is 1. The fourth-order valence-corrected chi connectivity index (χ4v) is 3.04. The number of benzene rings is 1. The smallest absolute Gasteiger partial charge is 0.147 e. The van der Waals surface area contributed by atoms with E-state index in [1.54, 1.807) is 7.11 Å². The molecule has 0 saturated carbocycles. The van der Waals surface area contributed by atoms with Crippen LogP contribution < -0.4 is 9.64 Å². The highest BCUT2D eigenvalue weighted by Crippen LogP contribution is 2.33. The zero-order valence-electron chi connectivity index (χ0n) is 12.5. The van der Waals surface area contributed by atoms with Crippen molar-refractivity contribution in [1.82, 2.24) is 4.98 Å². The second-order valence-electron chi connectivity index (χ2n) is 5.45. The Morgan fingerprint density at radius 2 is 2.00 bits per heavy atom. The topological polar surface area (TPSA) is 49.1 Å². The van der Waals surface area contributed by atoms with Crippen molar-refractivity contribution in [1.29, 1.82) is 5.26 Å². The number of ether oxygens (including phenoxy) is 1. The zero-order chi connectivity index (χ0) is 14.8. The predicted octanol–water partition coefficient (Wildman–Crippen LogP) is 3.41. The van der Waals surface area contributed by atoms with Crippen molar-refractivity contribution in [2.45, 2.75) is 26.2 Å². The molecule has 0 unspecified atom stereocenters. The first-order chi connectivity index (χ1) is 10.3. The van der Waals surface area contributed by atoms with Crippen LogP contribution in [0.2, 0.25) is 0 Å². The summed E-state index contributed by atoms with van der Waals surface area (Å²) in [7, 11) is 1.66. The molecule has 3 rings (SSSR count). The monoisotopic (exact) mass is 281 g/mol. The first-order valence-corrected chi connectivity index (χ1v) is 7.38. The number of hydrogen-bond acceptors (Lipinski definition) is 4. The predicted molar refractivity (Wildman–Crippen MR) is 83.8 cm³/mol. The van der Waals surface area contributed by atoms with Gasteiger partial charge in [0.2, 0.25) is 0 Å². The summed E-state index contributed by atoms with van der Waals surface area (Å²) in [6, 6.07) is 8.21. The number of anilines is 1. The Morgan fingerprint density at radius 3 is 2.67 bits per heavy atom. The Hall–Kier alpha value is -2.28. The summed E-state index contributed by atoms with van der Waals surface area (Å²) in [6.07, 6.45) is 3.58. The number of piperidine rings is 1. The summed E-state index contributed by atoms with van der Waals surface area (Å²) in [5.41, 5.74) is 2.52. The van der Waals surface area contributed by atoms with E-state index in [1.165, 1.54) is 6.42 Å². The van der Waals surface area contributed by atoms with E-state index in [0.29, 0.717) is 5.56 Å². The summed E-state index contributed by atoms with van der Waals surface area (Å²) in [6.45, 7) is 3.94. The Balaban J connectivity index is 2.25. The summed E-state index contributed by atoms with van der Waals surface area (Å²) < 4.78 is 5.43. The van der Waals surface area contributed by atoms with Gasteiger partial charge in [0.1, 0.15) is 23.2 Å². The Labute approximate surface area is 125 Å². The molecule has 0 amide bonds.